The summed E-state index contributed by atoms with van der Waals surface area (Å²) in [6, 6.07) is 7.80. The van der Waals surface area contributed by atoms with Crippen molar-refractivity contribution in [2.75, 3.05) is 7.11 Å². The molecule has 0 saturated heterocycles. The van der Waals surface area contributed by atoms with E-state index in [0.29, 0.717) is 11.3 Å². The number of aryl methyl sites for hydroxylation is 3. The Bertz CT molecular complexity index is 667. The summed E-state index contributed by atoms with van der Waals surface area (Å²) in [5.41, 5.74) is 3.20. The molecule has 0 bridgehead atoms. The fraction of sp³-hybridized carbons (Fsp3) is 0.389. The number of rotatable bonds is 3. The quantitative estimate of drug-likeness (QED) is 0.747. The summed E-state index contributed by atoms with van der Waals surface area (Å²) < 4.78 is 6.81. The van der Waals surface area contributed by atoms with Crippen LogP contribution in [0.4, 0.5) is 0 Å². The average molecular weight is 392 g/mol. The normalized spacial score (nSPS) is 8.96. The molecular formula is C18H27N2O2Y-. The Balaban J connectivity index is 0. The summed E-state index contributed by atoms with van der Waals surface area (Å²) in [6.07, 6.45) is 0.718. The molecule has 5 heteroatoms. The van der Waals surface area contributed by atoms with Gasteiger partial charge in [0, 0.05) is 39.8 Å². The molecule has 1 aromatic carbocycles. The van der Waals surface area contributed by atoms with Crippen LogP contribution >= 0.6 is 0 Å². The Morgan fingerprint density at radius 2 is 1.78 bits per heavy atom. The number of benzene rings is 1. The van der Waals surface area contributed by atoms with Gasteiger partial charge in [0.05, 0.1) is 12.7 Å². The molecule has 1 radical (unpaired) electrons. The van der Waals surface area contributed by atoms with Crippen LogP contribution in [0, 0.1) is 14.4 Å². The van der Waals surface area contributed by atoms with Gasteiger partial charge < -0.3 is 12.2 Å². The van der Waals surface area contributed by atoms with Gasteiger partial charge in [0.2, 0.25) is 0 Å². The van der Waals surface area contributed by atoms with Crippen LogP contribution in [0.2, 0.25) is 0 Å². The second-order valence-corrected chi connectivity index (χ2v) is 4.45. The van der Waals surface area contributed by atoms with Crippen molar-refractivity contribution in [2.45, 2.75) is 34.1 Å². The molecule has 0 amide bonds. The Morgan fingerprint density at radius 1 is 1.22 bits per heavy atom. The fourth-order valence-electron chi connectivity index (χ4n) is 2.22. The molecule has 1 heterocycles. The molecule has 0 aliphatic rings. The molecule has 0 fully saturated rings. The number of nitrogens with zero attached hydrogens (tertiary/aromatic N) is 2. The molecule has 0 atom stereocenters. The van der Waals surface area contributed by atoms with E-state index < -0.39 is 0 Å². The van der Waals surface area contributed by atoms with Crippen molar-refractivity contribution in [1.82, 2.24) is 9.78 Å². The maximum Gasteiger partial charge on any atom is 0.278 e. The maximum absolute atomic E-state index is 12.4. The van der Waals surface area contributed by atoms with E-state index in [9.17, 15) is 4.79 Å². The molecule has 0 unspecified atom stereocenters. The van der Waals surface area contributed by atoms with Gasteiger partial charge in [-0.3, -0.25) is 4.79 Å². The minimum atomic E-state index is -0.136. The van der Waals surface area contributed by atoms with E-state index in [4.69, 9.17) is 4.74 Å². The van der Waals surface area contributed by atoms with Crippen molar-refractivity contribution >= 4 is 0 Å². The monoisotopic (exact) mass is 392 g/mol. The SMILES string of the molecule is CC.CCc1nn(C)c(=O)c(-c2ccccc2C)c1OC.[CH3-].[Y]. The molecule has 0 aliphatic carbocycles. The van der Waals surface area contributed by atoms with Gasteiger partial charge in [0.1, 0.15) is 5.69 Å². The summed E-state index contributed by atoms with van der Waals surface area (Å²) in [7, 11) is 3.25. The second-order valence-electron chi connectivity index (χ2n) is 4.45. The topological polar surface area (TPSA) is 44.1 Å². The van der Waals surface area contributed by atoms with E-state index in [-0.39, 0.29) is 45.7 Å². The van der Waals surface area contributed by atoms with Crippen LogP contribution in [0.1, 0.15) is 32.0 Å². The van der Waals surface area contributed by atoms with E-state index in [1.54, 1.807) is 14.2 Å². The second kappa shape index (κ2) is 11.5. The molecule has 0 spiro atoms. The third kappa shape index (κ3) is 5.25. The molecule has 0 N–H and O–H groups in total. The van der Waals surface area contributed by atoms with Crippen molar-refractivity contribution in [3.63, 3.8) is 0 Å². The van der Waals surface area contributed by atoms with Crippen LogP contribution in [0.5, 0.6) is 5.75 Å². The van der Waals surface area contributed by atoms with Crippen molar-refractivity contribution < 1.29 is 37.4 Å². The first-order chi connectivity index (χ1) is 10.1. The summed E-state index contributed by atoms with van der Waals surface area (Å²) in [5, 5.41) is 4.26. The third-order valence-corrected chi connectivity index (χ3v) is 3.22. The van der Waals surface area contributed by atoms with Crippen molar-refractivity contribution in [3.05, 3.63) is 53.3 Å². The number of hydrogen-bond donors (Lipinski definition) is 0. The summed E-state index contributed by atoms with van der Waals surface area (Å²) >= 11 is 0. The maximum atomic E-state index is 12.4. The molecule has 4 nitrogen and oxygen atoms in total. The predicted octanol–water partition coefficient (Wildman–Crippen LogP) is 3.80. The van der Waals surface area contributed by atoms with Crippen molar-refractivity contribution in [2.24, 2.45) is 7.05 Å². The zero-order valence-corrected chi connectivity index (χ0v) is 18.1. The summed E-state index contributed by atoms with van der Waals surface area (Å²) in [4.78, 5) is 12.4. The van der Waals surface area contributed by atoms with Gasteiger partial charge in [0.15, 0.2) is 5.75 Å². The summed E-state index contributed by atoms with van der Waals surface area (Å²) in [6.45, 7) is 7.98. The van der Waals surface area contributed by atoms with Gasteiger partial charge in [-0.1, -0.05) is 45.0 Å². The summed E-state index contributed by atoms with van der Waals surface area (Å²) in [5.74, 6) is 0.583. The zero-order valence-electron chi connectivity index (χ0n) is 15.3. The molecular weight excluding hydrogens is 365 g/mol. The Hall–Kier alpha value is -0.996. The van der Waals surface area contributed by atoms with E-state index in [1.807, 2.05) is 52.0 Å². The van der Waals surface area contributed by atoms with Gasteiger partial charge in [0.25, 0.3) is 5.56 Å². The van der Waals surface area contributed by atoms with Gasteiger partial charge in [-0.05, 0) is 24.5 Å². The van der Waals surface area contributed by atoms with E-state index in [0.717, 1.165) is 23.2 Å². The molecule has 1 aromatic heterocycles. The molecule has 2 aromatic rings. The van der Waals surface area contributed by atoms with Crippen molar-refractivity contribution in [3.8, 4) is 16.9 Å². The third-order valence-electron chi connectivity index (χ3n) is 3.22. The average Bonchev–Trinajstić information content (AvgIpc) is 2.52. The smallest absolute Gasteiger partial charge is 0.278 e. The molecule has 23 heavy (non-hydrogen) atoms. The Morgan fingerprint density at radius 3 is 2.26 bits per heavy atom. The van der Waals surface area contributed by atoms with Crippen LogP contribution < -0.4 is 10.3 Å². The minimum Gasteiger partial charge on any atom is -0.494 e. The fourth-order valence-corrected chi connectivity index (χ4v) is 2.22. The zero-order chi connectivity index (χ0) is 16.0. The van der Waals surface area contributed by atoms with Gasteiger partial charge in [-0.25, -0.2) is 4.68 Å². The predicted molar refractivity (Wildman–Crippen MR) is 93.3 cm³/mol. The van der Waals surface area contributed by atoms with Gasteiger partial charge in [-0.15, -0.1) is 0 Å². The van der Waals surface area contributed by atoms with Gasteiger partial charge in [-0.2, -0.15) is 5.10 Å². The molecule has 125 valence electrons. The first-order valence-corrected chi connectivity index (χ1v) is 7.30. The van der Waals surface area contributed by atoms with Crippen LogP contribution in [0.3, 0.4) is 0 Å². The van der Waals surface area contributed by atoms with E-state index >= 15 is 0 Å². The Labute approximate surface area is 165 Å². The standard InChI is InChI=1S/C15H18N2O2.C2H6.CH3.Y/c1-5-12-14(19-4)13(15(18)17(3)16-12)11-9-7-6-8-10(11)2;1-2;;/h6-9H,5H2,1-4H3;1-2H3;1H3;/q;;-1;. The first-order valence-electron chi connectivity index (χ1n) is 7.30. The number of hydrogen-bond acceptors (Lipinski definition) is 3. The number of ether oxygens (including phenoxy) is 1. The van der Waals surface area contributed by atoms with Crippen LogP contribution in [0.25, 0.3) is 11.1 Å². The minimum absolute atomic E-state index is 0. The van der Waals surface area contributed by atoms with Crippen LogP contribution in [-0.2, 0) is 46.2 Å². The van der Waals surface area contributed by atoms with Crippen LogP contribution in [-0.4, -0.2) is 16.9 Å². The first kappa shape index (κ1) is 24.3. The Kier molecular flexibility index (Phi) is 12.2. The molecule has 0 aliphatic heterocycles. The number of aromatic nitrogens is 2. The largest absolute Gasteiger partial charge is 0.494 e. The van der Waals surface area contributed by atoms with Crippen LogP contribution in [0.15, 0.2) is 29.1 Å². The van der Waals surface area contributed by atoms with E-state index in [1.165, 1.54) is 4.68 Å². The number of methoxy groups -OCH3 is 1. The molecule has 2 rings (SSSR count). The van der Waals surface area contributed by atoms with Gasteiger partial charge >= 0.3 is 0 Å². The van der Waals surface area contributed by atoms with Crippen molar-refractivity contribution in [1.29, 1.82) is 0 Å². The van der Waals surface area contributed by atoms with E-state index in [2.05, 4.69) is 5.10 Å². The molecule has 0 saturated carbocycles.